The summed E-state index contributed by atoms with van der Waals surface area (Å²) in [5.41, 5.74) is 4.22. The summed E-state index contributed by atoms with van der Waals surface area (Å²) in [6.45, 7) is 8.15. The van der Waals surface area contributed by atoms with Gasteiger partial charge < -0.3 is 14.8 Å². The number of rotatable bonds is 4. The fraction of sp³-hybridized carbons (Fsp3) is 0.233. The van der Waals surface area contributed by atoms with Crippen molar-refractivity contribution >= 4 is 34.4 Å². The van der Waals surface area contributed by atoms with E-state index < -0.39 is 17.7 Å². The first-order chi connectivity index (χ1) is 17.6. The minimum atomic E-state index is -0.883. The number of aliphatic hydroxyl groups excluding tert-OH is 1. The molecule has 1 atom stereocenters. The van der Waals surface area contributed by atoms with Gasteiger partial charge in [0.25, 0.3) is 5.78 Å². The van der Waals surface area contributed by atoms with Gasteiger partial charge in [-0.15, -0.1) is 0 Å². The minimum Gasteiger partial charge on any atom is -0.507 e. The van der Waals surface area contributed by atoms with Crippen LogP contribution in [0.1, 0.15) is 49.1 Å². The van der Waals surface area contributed by atoms with Crippen molar-refractivity contribution in [2.45, 2.75) is 39.2 Å². The number of aryl methyl sites for hydroxylation is 1. The zero-order valence-electron chi connectivity index (χ0n) is 21.5. The second-order valence-corrected chi connectivity index (χ2v) is 10.3. The van der Waals surface area contributed by atoms with Crippen LogP contribution in [0.5, 0.6) is 5.75 Å². The summed E-state index contributed by atoms with van der Waals surface area (Å²) in [5.74, 6) is -1.19. The number of nitrogens with one attached hydrogen (secondary N) is 1. The molecule has 1 aliphatic heterocycles. The lowest BCUT2D eigenvalue weighted by Crippen LogP contribution is -2.30. The van der Waals surface area contributed by atoms with Gasteiger partial charge in [0.2, 0.25) is 5.95 Å². The molecule has 1 aliphatic rings. The van der Waals surface area contributed by atoms with E-state index in [1.54, 1.807) is 6.07 Å². The molecule has 0 radical (unpaired) electrons. The predicted octanol–water partition coefficient (Wildman–Crippen LogP) is 5.80. The third-order valence-corrected chi connectivity index (χ3v) is 6.73. The molecule has 3 aromatic carbocycles. The first-order valence-corrected chi connectivity index (χ1v) is 12.1. The number of Topliss-reactive ketones (excluding diaryl/α,β-unsaturated/α-hetero) is 1. The van der Waals surface area contributed by atoms with Crippen LogP contribution in [0, 0.1) is 6.92 Å². The van der Waals surface area contributed by atoms with E-state index in [0.717, 1.165) is 16.6 Å². The highest BCUT2D eigenvalue weighted by molar-refractivity contribution is 6.51. The number of ketones is 1. The van der Waals surface area contributed by atoms with Crippen molar-refractivity contribution in [3.05, 3.63) is 94.6 Å². The molecule has 0 aliphatic carbocycles. The Morgan fingerprint density at radius 3 is 2.43 bits per heavy atom. The number of ether oxygens (including phenoxy) is 1. The van der Waals surface area contributed by atoms with E-state index in [1.165, 1.54) is 12.0 Å². The Hall–Kier alpha value is -4.39. The number of anilines is 1. The molecule has 1 amide bonds. The predicted molar refractivity (Wildman–Crippen MR) is 144 cm³/mol. The molecule has 1 fully saturated rings. The van der Waals surface area contributed by atoms with Gasteiger partial charge in [-0.25, -0.2) is 4.98 Å². The van der Waals surface area contributed by atoms with E-state index in [4.69, 9.17) is 4.74 Å². The van der Waals surface area contributed by atoms with Crippen molar-refractivity contribution in [1.29, 1.82) is 0 Å². The molecule has 0 bridgehead atoms. The molecule has 2 heterocycles. The quantitative estimate of drug-likeness (QED) is 0.212. The number of aromatic amines is 1. The van der Waals surface area contributed by atoms with Crippen molar-refractivity contribution in [3.8, 4) is 5.75 Å². The van der Waals surface area contributed by atoms with E-state index in [2.05, 4.69) is 30.7 Å². The Kier molecular flexibility index (Phi) is 5.86. The number of aliphatic hydroxyl groups is 1. The summed E-state index contributed by atoms with van der Waals surface area (Å²) >= 11 is 0. The number of amides is 1. The van der Waals surface area contributed by atoms with Crippen LogP contribution in [0.15, 0.2) is 72.3 Å². The van der Waals surface area contributed by atoms with Crippen molar-refractivity contribution in [3.63, 3.8) is 0 Å². The average Bonchev–Trinajstić information content (AvgIpc) is 3.40. The molecular formula is C30H29N3O4. The third kappa shape index (κ3) is 4.16. The third-order valence-electron chi connectivity index (χ3n) is 6.73. The summed E-state index contributed by atoms with van der Waals surface area (Å²) < 4.78 is 5.54. The van der Waals surface area contributed by atoms with Crippen LogP contribution in [0.4, 0.5) is 5.95 Å². The molecule has 1 saturated heterocycles. The van der Waals surface area contributed by atoms with Gasteiger partial charge >= 0.3 is 5.91 Å². The molecule has 7 heteroatoms. The molecule has 7 nitrogen and oxygen atoms in total. The van der Waals surface area contributed by atoms with Crippen LogP contribution in [0.2, 0.25) is 0 Å². The Balaban J connectivity index is 1.75. The number of carbonyl (C=O) groups excluding carboxylic acids is 2. The number of aromatic nitrogens is 2. The Labute approximate surface area is 215 Å². The van der Waals surface area contributed by atoms with Gasteiger partial charge in [0.15, 0.2) is 0 Å². The molecule has 0 saturated carbocycles. The van der Waals surface area contributed by atoms with E-state index in [9.17, 15) is 14.7 Å². The summed E-state index contributed by atoms with van der Waals surface area (Å²) in [5, 5.41) is 11.7. The lowest BCUT2D eigenvalue weighted by Gasteiger charge is -2.24. The first kappa shape index (κ1) is 24.3. The van der Waals surface area contributed by atoms with E-state index in [-0.39, 0.29) is 22.7 Å². The summed E-state index contributed by atoms with van der Waals surface area (Å²) in [6.07, 6.45) is 0. The number of methoxy groups -OCH3 is 1. The number of nitrogens with zero attached hydrogens (tertiary/aromatic N) is 2. The van der Waals surface area contributed by atoms with Crippen molar-refractivity contribution < 1.29 is 19.4 Å². The molecule has 37 heavy (non-hydrogen) atoms. The maximum atomic E-state index is 13.5. The number of hydrogen-bond donors (Lipinski definition) is 2. The first-order valence-electron chi connectivity index (χ1n) is 12.1. The molecule has 5 rings (SSSR count). The zero-order chi connectivity index (χ0) is 26.5. The van der Waals surface area contributed by atoms with Crippen LogP contribution in [0.25, 0.3) is 16.8 Å². The lowest BCUT2D eigenvalue weighted by atomic mass is 9.85. The lowest BCUT2D eigenvalue weighted by molar-refractivity contribution is -0.132. The SMILES string of the molecule is COc1ccc(C(C)(C)C)cc1/C(O)=C1\C(=O)C(=O)N(c2nc3ccc(C)cc3[nH]2)C1c1ccccc1. The van der Waals surface area contributed by atoms with E-state index in [0.29, 0.717) is 22.4 Å². The van der Waals surface area contributed by atoms with Crippen LogP contribution in [0.3, 0.4) is 0 Å². The normalized spacial score (nSPS) is 17.5. The number of carbonyl (C=O) groups is 2. The summed E-state index contributed by atoms with van der Waals surface area (Å²) in [7, 11) is 1.51. The smallest absolute Gasteiger partial charge is 0.302 e. The highest BCUT2D eigenvalue weighted by Gasteiger charge is 2.48. The largest absolute Gasteiger partial charge is 0.507 e. The van der Waals surface area contributed by atoms with Gasteiger partial charge in [-0.2, -0.15) is 0 Å². The van der Waals surface area contributed by atoms with Crippen LogP contribution in [-0.4, -0.2) is 33.9 Å². The number of fused-ring (bicyclic) bond motifs is 1. The number of imidazole rings is 1. The maximum absolute atomic E-state index is 13.5. The fourth-order valence-electron chi connectivity index (χ4n) is 4.73. The van der Waals surface area contributed by atoms with E-state index >= 15 is 0 Å². The zero-order valence-corrected chi connectivity index (χ0v) is 21.5. The average molecular weight is 496 g/mol. The fourth-order valence-corrected chi connectivity index (χ4v) is 4.73. The highest BCUT2D eigenvalue weighted by atomic mass is 16.5. The van der Waals surface area contributed by atoms with Gasteiger partial charge in [0.05, 0.1) is 35.3 Å². The van der Waals surface area contributed by atoms with Crippen LogP contribution in [-0.2, 0) is 15.0 Å². The molecule has 1 unspecified atom stereocenters. The van der Waals surface area contributed by atoms with Gasteiger partial charge in [0, 0.05) is 0 Å². The summed E-state index contributed by atoms with van der Waals surface area (Å²) in [6, 6.07) is 19.5. The van der Waals surface area contributed by atoms with E-state index in [1.807, 2.05) is 67.6 Å². The standard InChI is InChI=1S/C30H29N3O4/c1-17-11-13-21-22(15-17)32-29(31-21)33-25(18-9-7-6-8-10-18)24(27(35)28(33)36)26(34)20-16-19(30(2,3)4)12-14-23(20)37-5/h6-16,25,34H,1-5H3,(H,31,32)/b26-24+. The molecule has 188 valence electrons. The number of H-pyrrole nitrogens is 1. The number of benzene rings is 3. The minimum absolute atomic E-state index is 0.0165. The topological polar surface area (TPSA) is 95.5 Å². The van der Waals surface area contributed by atoms with Crippen molar-refractivity contribution in [2.75, 3.05) is 12.0 Å². The van der Waals surface area contributed by atoms with Crippen molar-refractivity contribution in [2.24, 2.45) is 0 Å². The number of hydrogen-bond acceptors (Lipinski definition) is 5. The van der Waals surface area contributed by atoms with Gasteiger partial charge in [-0.3, -0.25) is 14.5 Å². The molecule has 1 aromatic heterocycles. The van der Waals surface area contributed by atoms with Gasteiger partial charge in [-0.05, 0) is 53.3 Å². The van der Waals surface area contributed by atoms with Gasteiger partial charge in [-0.1, -0.05) is 63.2 Å². The molecule has 2 N–H and O–H groups in total. The maximum Gasteiger partial charge on any atom is 0.302 e. The molecular weight excluding hydrogens is 466 g/mol. The van der Waals surface area contributed by atoms with Crippen molar-refractivity contribution in [1.82, 2.24) is 9.97 Å². The van der Waals surface area contributed by atoms with Crippen LogP contribution < -0.4 is 9.64 Å². The second kappa shape index (κ2) is 8.92. The molecule has 4 aromatic rings. The Morgan fingerprint density at radius 2 is 1.76 bits per heavy atom. The monoisotopic (exact) mass is 495 g/mol. The summed E-state index contributed by atoms with van der Waals surface area (Å²) in [4.78, 5) is 36.2. The molecule has 0 spiro atoms. The highest BCUT2D eigenvalue weighted by Crippen LogP contribution is 2.43. The Morgan fingerprint density at radius 1 is 1.03 bits per heavy atom. The Bertz CT molecular complexity index is 1560. The van der Waals surface area contributed by atoms with Gasteiger partial charge in [0.1, 0.15) is 11.5 Å². The van der Waals surface area contributed by atoms with Crippen LogP contribution >= 0.6 is 0 Å². The second-order valence-electron chi connectivity index (χ2n) is 10.3.